The molecule has 2 nitrogen and oxygen atoms in total. The smallest absolute Gasteiger partial charge is 0.0723 e. The molecule has 0 aliphatic carbocycles. The van der Waals surface area contributed by atoms with Gasteiger partial charge in [0.1, 0.15) is 0 Å². The Morgan fingerprint density at radius 2 is 0.976 bits per heavy atom. The molecular weight excluding hydrogens is 508 g/mol. The first-order valence-electron chi connectivity index (χ1n) is 14.3. The number of pyridine rings is 2. The van der Waals surface area contributed by atoms with Crippen LogP contribution in [-0.4, -0.2) is 9.97 Å². The predicted octanol–water partition coefficient (Wildman–Crippen LogP) is 10.6. The van der Waals surface area contributed by atoms with E-state index < -0.39 is 0 Å². The molecule has 8 aromatic rings. The lowest BCUT2D eigenvalue weighted by molar-refractivity contribution is 1.28. The van der Waals surface area contributed by atoms with E-state index in [0.29, 0.717) is 0 Å². The molecule has 0 radical (unpaired) electrons. The first-order chi connectivity index (χ1) is 20.9. The summed E-state index contributed by atoms with van der Waals surface area (Å²) in [6.45, 7) is 0. The van der Waals surface area contributed by atoms with Gasteiger partial charge in [0, 0.05) is 24.2 Å². The van der Waals surface area contributed by atoms with Gasteiger partial charge in [-0.3, -0.25) is 9.97 Å². The van der Waals surface area contributed by atoms with E-state index in [4.69, 9.17) is 4.98 Å². The van der Waals surface area contributed by atoms with Crippen molar-refractivity contribution in [3.8, 4) is 44.6 Å². The van der Waals surface area contributed by atoms with Crippen LogP contribution < -0.4 is 0 Å². The molecule has 0 aliphatic rings. The third kappa shape index (κ3) is 3.88. The molecule has 8 rings (SSSR count). The van der Waals surface area contributed by atoms with Gasteiger partial charge in [-0.1, -0.05) is 121 Å². The topological polar surface area (TPSA) is 25.8 Å². The summed E-state index contributed by atoms with van der Waals surface area (Å²) in [5.74, 6) is 0. The Morgan fingerprint density at radius 1 is 0.357 bits per heavy atom. The molecule has 2 heteroatoms. The highest BCUT2D eigenvalue weighted by Crippen LogP contribution is 2.49. The van der Waals surface area contributed by atoms with Crippen molar-refractivity contribution in [2.75, 3.05) is 0 Å². The molecule has 0 saturated heterocycles. The zero-order valence-corrected chi connectivity index (χ0v) is 22.9. The highest BCUT2D eigenvalue weighted by Gasteiger charge is 2.22. The van der Waals surface area contributed by atoms with Crippen molar-refractivity contribution < 1.29 is 0 Å². The van der Waals surface area contributed by atoms with Crippen molar-refractivity contribution in [1.82, 2.24) is 9.97 Å². The lowest BCUT2D eigenvalue weighted by Gasteiger charge is -2.22. The molecule has 0 fully saturated rings. The molecule has 2 heterocycles. The standard InChI is InChI=1S/C40H26N2/c1-2-13-28(14-3-1)38-31-16-6-8-18-33(31)40(34-19-9-7-17-32(34)38)39-29-15-5-4-12-27(29)21-22-35(39)30-23-25-41-26-36(30)37-20-10-11-24-42-37/h1-26H. The molecule has 196 valence electrons. The van der Waals surface area contributed by atoms with Crippen LogP contribution >= 0.6 is 0 Å². The minimum Gasteiger partial charge on any atom is -0.264 e. The Hall–Kier alpha value is -5.60. The van der Waals surface area contributed by atoms with Crippen LogP contribution in [0.25, 0.3) is 77.0 Å². The number of fused-ring (bicyclic) bond motifs is 3. The summed E-state index contributed by atoms with van der Waals surface area (Å²) in [6, 6.07) is 49.9. The van der Waals surface area contributed by atoms with Crippen LogP contribution in [0.5, 0.6) is 0 Å². The van der Waals surface area contributed by atoms with Crippen LogP contribution in [0.1, 0.15) is 0 Å². The molecule has 2 aromatic heterocycles. The molecular formula is C40H26N2. The summed E-state index contributed by atoms with van der Waals surface area (Å²) in [4.78, 5) is 9.22. The molecule has 0 unspecified atom stereocenters. The average molecular weight is 535 g/mol. The minimum atomic E-state index is 0.911. The van der Waals surface area contributed by atoms with Gasteiger partial charge in [0.15, 0.2) is 0 Å². The van der Waals surface area contributed by atoms with E-state index in [0.717, 1.165) is 16.8 Å². The van der Waals surface area contributed by atoms with Crippen molar-refractivity contribution in [2.45, 2.75) is 0 Å². The average Bonchev–Trinajstić information content (AvgIpc) is 3.07. The number of hydrogen-bond acceptors (Lipinski definition) is 2. The lowest BCUT2D eigenvalue weighted by Crippen LogP contribution is -1.95. The van der Waals surface area contributed by atoms with E-state index in [-0.39, 0.29) is 0 Å². The summed E-state index contributed by atoms with van der Waals surface area (Å²) in [5, 5.41) is 7.40. The maximum atomic E-state index is 4.70. The Balaban J connectivity index is 1.56. The monoisotopic (exact) mass is 534 g/mol. The zero-order valence-electron chi connectivity index (χ0n) is 22.9. The van der Waals surface area contributed by atoms with Gasteiger partial charge in [-0.15, -0.1) is 0 Å². The SMILES string of the molecule is c1ccc(-c2c3ccccc3c(-c3c(-c4ccncc4-c4ccccn4)ccc4ccccc34)c3ccccc23)cc1. The van der Waals surface area contributed by atoms with Gasteiger partial charge in [0.05, 0.1) is 5.69 Å². The van der Waals surface area contributed by atoms with Crippen molar-refractivity contribution in [3.63, 3.8) is 0 Å². The first kappa shape index (κ1) is 24.2. The van der Waals surface area contributed by atoms with Crippen LogP contribution in [0, 0.1) is 0 Å². The lowest BCUT2D eigenvalue weighted by atomic mass is 9.81. The maximum absolute atomic E-state index is 4.70. The number of aromatic nitrogens is 2. The maximum Gasteiger partial charge on any atom is 0.0723 e. The van der Waals surface area contributed by atoms with Crippen LogP contribution in [0.3, 0.4) is 0 Å². The highest BCUT2D eigenvalue weighted by atomic mass is 14.7. The third-order valence-electron chi connectivity index (χ3n) is 8.23. The van der Waals surface area contributed by atoms with Gasteiger partial charge in [-0.05, 0) is 83.9 Å². The predicted molar refractivity (Wildman–Crippen MR) is 176 cm³/mol. The quantitative estimate of drug-likeness (QED) is 0.210. The Morgan fingerprint density at radius 3 is 1.67 bits per heavy atom. The van der Waals surface area contributed by atoms with Crippen LogP contribution in [0.2, 0.25) is 0 Å². The number of rotatable bonds is 4. The normalized spacial score (nSPS) is 11.3. The van der Waals surface area contributed by atoms with E-state index in [1.54, 1.807) is 0 Å². The van der Waals surface area contributed by atoms with E-state index in [1.807, 2.05) is 30.7 Å². The summed E-state index contributed by atoms with van der Waals surface area (Å²) >= 11 is 0. The second-order valence-corrected chi connectivity index (χ2v) is 10.6. The van der Waals surface area contributed by atoms with Crippen molar-refractivity contribution >= 4 is 32.3 Å². The molecule has 42 heavy (non-hydrogen) atoms. The van der Waals surface area contributed by atoms with Crippen LogP contribution in [-0.2, 0) is 0 Å². The molecule has 0 amide bonds. The Kier molecular flexibility index (Phi) is 5.82. The molecule has 6 aromatic carbocycles. The Bertz CT molecular complexity index is 2180. The largest absolute Gasteiger partial charge is 0.264 e. The fraction of sp³-hybridized carbons (Fsp3) is 0. The van der Waals surface area contributed by atoms with Crippen molar-refractivity contribution in [2.24, 2.45) is 0 Å². The molecule has 0 N–H and O–H groups in total. The fourth-order valence-corrected chi connectivity index (χ4v) is 6.43. The zero-order chi connectivity index (χ0) is 27.9. The minimum absolute atomic E-state index is 0.911. The molecule has 0 spiro atoms. The van der Waals surface area contributed by atoms with Gasteiger partial charge in [-0.2, -0.15) is 0 Å². The Labute approximate surface area is 244 Å². The number of benzene rings is 6. The number of hydrogen-bond donors (Lipinski definition) is 0. The summed E-state index contributed by atoms with van der Waals surface area (Å²) < 4.78 is 0. The molecule has 0 bridgehead atoms. The fourth-order valence-electron chi connectivity index (χ4n) is 6.43. The summed E-state index contributed by atoms with van der Waals surface area (Å²) in [5.41, 5.74) is 9.17. The van der Waals surface area contributed by atoms with E-state index in [2.05, 4.69) is 132 Å². The summed E-state index contributed by atoms with van der Waals surface area (Å²) in [6.07, 6.45) is 5.66. The first-order valence-corrected chi connectivity index (χ1v) is 14.3. The second-order valence-electron chi connectivity index (χ2n) is 10.6. The van der Waals surface area contributed by atoms with E-state index >= 15 is 0 Å². The highest BCUT2D eigenvalue weighted by molar-refractivity contribution is 6.25. The second kappa shape index (κ2) is 10.1. The number of nitrogens with zero attached hydrogens (tertiary/aromatic N) is 2. The van der Waals surface area contributed by atoms with Crippen molar-refractivity contribution in [1.29, 1.82) is 0 Å². The van der Waals surface area contributed by atoms with Crippen molar-refractivity contribution in [3.05, 3.63) is 158 Å². The summed E-state index contributed by atoms with van der Waals surface area (Å²) in [7, 11) is 0. The molecule has 0 saturated carbocycles. The third-order valence-corrected chi connectivity index (χ3v) is 8.23. The molecule has 0 atom stereocenters. The van der Waals surface area contributed by atoms with Gasteiger partial charge < -0.3 is 0 Å². The van der Waals surface area contributed by atoms with Gasteiger partial charge >= 0.3 is 0 Å². The van der Waals surface area contributed by atoms with Gasteiger partial charge in [0.25, 0.3) is 0 Å². The van der Waals surface area contributed by atoms with Crippen LogP contribution in [0.4, 0.5) is 0 Å². The van der Waals surface area contributed by atoms with Gasteiger partial charge in [0.2, 0.25) is 0 Å². The molecule has 0 aliphatic heterocycles. The van der Waals surface area contributed by atoms with E-state index in [9.17, 15) is 0 Å². The van der Waals surface area contributed by atoms with Gasteiger partial charge in [-0.25, -0.2) is 0 Å². The van der Waals surface area contributed by atoms with Crippen LogP contribution in [0.15, 0.2) is 158 Å². The van der Waals surface area contributed by atoms with E-state index in [1.165, 1.54) is 60.1 Å².